The molecule has 0 bridgehead atoms. The van der Waals surface area contributed by atoms with Crippen molar-refractivity contribution in [3.8, 4) is 35.3 Å². The van der Waals surface area contributed by atoms with Crippen molar-refractivity contribution in [1.29, 1.82) is 0 Å². The third-order valence-electron chi connectivity index (χ3n) is 5.74. The van der Waals surface area contributed by atoms with Gasteiger partial charge in [-0.2, -0.15) is 5.10 Å². The minimum atomic E-state index is -1.05. The summed E-state index contributed by atoms with van der Waals surface area (Å²) in [5.41, 5.74) is 3.43. The van der Waals surface area contributed by atoms with E-state index in [2.05, 4.69) is 20.9 Å². The van der Waals surface area contributed by atoms with Gasteiger partial charge in [0.15, 0.2) is 6.79 Å². The van der Waals surface area contributed by atoms with Gasteiger partial charge in [-0.3, -0.25) is 5.10 Å². The lowest BCUT2D eigenvalue weighted by molar-refractivity contribution is 0.0502. The maximum atomic E-state index is 11.4. The van der Waals surface area contributed by atoms with Crippen molar-refractivity contribution in [3.05, 3.63) is 64.5 Å². The number of nitrogens with one attached hydrogen (secondary N) is 1. The van der Waals surface area contributed by atoms with Crippen LogP contribution < -0.4 is 14.2 Å². The Labute approximate surface area is 239 Å². The summed E-state index contributed by atoms with van der Waals surface area (Å²) in [7, 11) is 2.73. The number of hydrogen-bond acceptors (Lipinski definition) is 9. The minimum absolute atomic E-state index is 0.0612. The second-order valence-electron chi connectivity index (χ2n) is 8.71. The van der Waals surface area contributed by atoms with E-state index in [0.29, 0.717) is 43.3 Å². The number of aromatic nitrogens is 2. The lowest BCUT2D eigenvalue weighted by Crippen LogP contribution is -2.06. The maximum Gasteiger partial charge on any atom is 0.341 e. The molecule has 0 atom stereocenters. The van der Waals surface area contributed by atoms with Gasteiger partial charge in [-0.05, 0) is 75.1 Å². The summed E-state index contributed by atoms with van der Waals surface area (Å²) in [6, 6.07) is 9.11. The van der Waals surface area contributed by atoms with Gasteiger partial charge in [-0.1, -0.05) is 0 Å². The summed E-state index contributed by atoms with van der Waals surface area (Å²) in [6.07, 6.45) is 8.14. The summed E-state index contributed by atoms with van der Waals surface area (Å²) in [6.45, 7) is 4.92. The number of methoxy groups -OCH3 is 2. The van der Waals surface area contributed by atoms with Gasteiger partial charge >= 0.3 is 11.9 Å². The standard InChI is InChI=1S/C20H24N2O4.C10H12O5/c1-4-5-6-11-26-19-10-9-16(13-18(19)20(23)24)25-12-7-8-17-14(2)21-22-15(17)3;1-13-6-15-7-3-4-9(11)8(5-7)10(12)14-2/h1,9-10,13H,5-8,11-12H2,2-3H3,(H,21,22)(H,23,24);3-5,11H,6H2,1-2H3. The predicted octanol–water partition coefficient (Wildman–Crippen LogP) is 4.69. The molecule has 41 heavy (non-hydrogen) atoms. The highest BCUT2D eigenvalue weighted by molar-refractivity contribution is 5.92. The molecule has 0 unspecified atom stereocenters. The number of carboxylic acid groups (broad SMARTS) is 1. The van der Waals surface area contributed by atoms with Crippen LogP contribution in [0.4, 0.5) is 0 Å². The van der Waals surface area contributed by atoms with E-state index in [4.69, 9.17) is 25.4 Å². The highest BCUT2D eigenvalue weighted by Gasteiger charge is 2.14. The summed E-state index contributed by atoms with van der Waals surface area (Å²) < 4.78 is 25.5. The number of unbranched alkanes of at least 4 members (excludes halogenated alkanes) is 1. The first-order chi connectivity index (χ1) is 19.7. The highest BCUT2D eigenvalue weighted by Crippen LogP contribution is 2.25. The van der Waals surface area contributed by atoms with Crippen molar-refractivity contribution in [2.24, 2.45) is 0 Å². The number of rotatable bonds is 14. The molecule has 0 radical (unpaired) electrons. The van der Waals surface area contributed by atoms with E-state index in [1.807, 2.05) is 13.8 Å². The molecule has 3 N–H and O–H groups in total. The van der Waals surface area contributed by atoms with Crippen LogP contribution in [0.1, 0.15) is 56.9 Å². The van der Waals surface area contributed by atoms with Crippen molar-refractivity contribution < 1.29 is 43.5 Å². The highest BCUT2D eigenvalue weighted by atomic mass is 16.7. The van der Waals surface area contributed by atoms with Crippen LogP contribution in [-0.2, 0) is 15.9 Å². The van der Waals surface area contributed by atoms with Gasteiger partial charge in [0, 0.05) is 19.2 Å². The summed E-state index contributed by atoms with van der Waals surface area (Å²) >= 11 is 0. The number of nitrogens with zero attached hydrogens (tertiary/aromatic N) is 1. The second-order valence-corrected chi connectivity index (χ2v) is 8.71. The van der Waals surface area contributed by atoms with Gasteiger partial charge in [-0.25, -0.2) is 9.59 Å². The molecule has 220 valence electrons. The van der Waals surface area contributed by atoms with Gasteiger partial charge in [0.05, 0.1) is 26.0 Å². The van der Waals surface area contributed by atoms with E-state index in [1.54, 1.807) is 12.1 Å². The molecule has 1 heterocycles. The zero-order valence-electron chi connectivity index (χ0n) is 23.7. The number of hydrogen-bond donors (Lipinski definition) is 3. The molecule has 0 aliphatic heterocycles. The first kappa shape index (κ1) is 32.5. The SMILES string of the molecule is C#CCCCOc1ccc(OCCCc2c(C)n[nH]c2C)cc1C(=O)O.COCOc1ccc(O)c(C(=O)OC)c1. The molecule has 0 saturated carbocycles. The van der Waals surface area contributed by atoms with Crippen LogP contribution in [0.2, 0.25) is 0 Å². The molecule has 0 spiro atoms. The number of H-pyrrole nitrogens is 1. The molecule has 1 aromatic heterocycles. The van der Waals surface area contributed by atoms with E-state index < -0.39 is 11.9 Å². The second kappa shape index (κ2) is 17.1. The zero-order valence-corrected chi connectivity index (χ0v) is 23.7. The molecule has 3 aromatic rings. The van der Waals surface area contributed by atoms with Gasteiger partial charge in [0.25, 0.3) is 0 Å². The van der Waals surface area contributed by atoms with E-state index >= 15 is 0 Å². The average Bonchev–Trinajstić information content (AvgIpc) is 3.29. The number of benzene rings is 2. The Hall–Kier alpha value is -4.69. The molecule has 3 rings (SSSR count). The molecular weight excluding hydrogens is 532 g/mol. The number of carbonyl (C=O) groups excluding carboxylic acids is 1. The Kier molecular flexibility index (Phi) is 13.6. The van der Waals surface area contributed by atoms with Gasteiger partial charge in [0.2, 0.25) is 0 Å². The third-order valence-corrected chi connectivity index (χ3v) is 5.74. The van der Waals surface area contributed by atoms with Crippen LogP contribution in [0.15, 0.2) is 36.4 Å². The third kappa shape index (κ3) is 10.4. The van der Waals surface area contributed by atoms with Crippen LogP contribution >= 0.6 is 0 Å². The number of aromatic carboxylic acids is 1. The smallest absolute Gasteiger partial charge is 0.341 e. The monoisotopic (exact) mass is 568 g/mol. The summed E-state index contributed by atoms with van der Waals surface area (Å²) in [5, 5.41) is 25.9. The van der Waals surface area contributed by atoms with Crippen LogP contribution in [0.3, 0.4) is 0 Å². The Morgan fingerprint density at radius 3 is 2.29 bits per heavy atom. The number of phenols is 1. The fraction of sp³-hybridized carbons (Fsp3) is 0.367. The quantitative estimate of drug-likeness (QED) is 0.108. The van der Waals surface area contributed by atoms with Crippen molar-refractivity contribution >= 4 is 11.9 Å². The lowest BCUT2D eigenvalue weighted by Gasteiger charge is -2.11. The van der Waals surface area contributed by atoms with Gasteiger partial charge < -0.3 is 33.9 Å². The Morgan fingerprint density at radius 1 is 0.976 bits per heavy atom. The van der Waals surface area contributed by atoms with E-state index in [0.717, 1.165) is 24.2 Å². The number of carboxylic acids is 1. The molecule has 11 nitrogen and oxygen atoms in total. The molecule has 0 fully saturated rings. The number of aromatic amines is 1. The number of carbonyl (C=O) groups is 2. The van der Waals surface area contributed by atoms with Crippen LogP contribution in [0.5, 0.6) is 23.0 Å². The van der Waals surface area contributed by atoms with Gasteiger partial charge in [-0.15, -0.1) is 12.3 Å². The van der Waals surface area contributed by atoms with Crippen LogP contribution in [0.25, 0.3) is 0 Å². The zero-order chi connectivity index (χ0) is 30.2. The first-order valence-electron chi connectivity index (χ1n) is 12.8. The molecule has 2 aromatic carbocycles. The number of phenolic OH excluding ortho intramolecular Hbond substituents is 1. The number of esters is 1. The largest absolute Gasteiger partial charge is 0.507 e. The Balaban J connectivity index is 0.000000333. The minimum Gasteiger partial charge on any atom is -0.507 e. The van der Waals surface area contributed by atoms with Crippen molar-refractivity contribution in [2.75, 3.05) is 34.2 Å². The predicted molar refractivity (Wildman–Crippen MR) is 151 cm³/mol. The Morgan fingerprint density at radius 2 is 1.66 bits per heavy atom. The summed E-state index contributed by atoms with van der Waals surface area (Å²) in [5.74, 6) is 1.98. The number of terminal acetylenes is 1. The van der Waals surface area contributed by atoms with Crippen molar-refractivity contribution in [2.45, 2.75) is 39.5 Å². The normalized spacial score (nSPS) is 10.1. The van der Waals surface area contributed by atoms with Gasteiger partial charge in [0.1, 0.15) is 34.1 Å². The Bertz CT molecular complexity index is 1310. The first-order valence-corrected chi connectivity index (χ1v) is 12.8. The van der Waals surface area contributed by atoms with Crippen LogP contribution in [0, 0.1) is 26.2 Å². The fourth-order valence-electron chi connectivity index (χ4n) is 3.63. The lowest BCUT2D eigenvalue weighted by atomic mass is 10.1. The van der Waals surface area contributed by atoms with Crippen molar-refractivity contribution in [1.82, 2.24) is 10.2 Å². The van der Waals surface area contributed by atoms with E-state index in [-0.39, 0.29) is 23.7 Å². The van der Waals surface area contributed by atoms with Crippen LogP contribution in [-0.4, -0.2) is 66.6 Å². The molecular formula is C30H36N2O9. The topological polar surface area (TPSA) is 149 Å². The summed E-state index contributed by atoms with van der Waals surface area (Å²) in [4.78, 5) is 22.6. The number of aromatic hydroxyl groups is 1. The molecule has 0 amide bonds. The molecule has 0 saturated heterocycles. The number of aryl methyl sites for hydroxylation is 2. The molecule has 0 aliphatic rings. The van der Waals surface area contributed by atoms with E-state index in [9.17, 15) is 19.8 Å². The maximum absolute atomic E-state index is 11.4. The van der Waals surface area contributed by atoms with E-state index in [1.165, 1.54) is 44.0 Å². The van der Waals surface area contributed by atoms with Crippen molar-refractivity contribution in [3.63, 3.8) is 0 Å². The fourth-order valence-corrected chi connectivity index (χ4v) is 3.63. The molecule has 11 heteroatoms. The molecule has 0 aliphatic carbocycles. The average molecular weight is 569 g/mol. The number of ether oxygens (including phenoxy) is 5.